The monoisotopic (exact) mass is 344 g/mol. The van der Waals surface area contributed by atoms with E-state index >= 15 is 0 Å². The first-order valence-corrected chi connectivity index (χ1v) is 9.34. The van der Waals surface area contributed by atoms with Crippen LogP contribution in [0, 0.1) is 0 Å². The van der Waals surface area contributed by atoms with Crippen LogP contribution in [-0.4, -0.2) is 40.9 Å². The average Bonchev–Trinajstić information content (AvgIpc) is 3.01. The molecule has 0 saturated carbocycles. The van der Waals surface area contributed by atoms with Crippen LogP contribution in [0.2, 0.25) is 0 Å². The molecule has 0 amide bonds. The summed E-state index contributed by atoms with van der Waals surface area (Å²) in [4.78, 5) is 11.4. The summed E-state index contributed by atoms with van der Waals surface area (Å²) < 4.78 is 11.3. The van der Waals surface area contributed by atoms with Crippen molar-refractivity contribution in [2.24, 2.45) is 0 Å². The van der Waals surface area contributed by atoms with Crippen LogP contribution < -0.4 is 4.90 Å². The Balaban J connectivity index is 1.70. The lowest BCUT2D eigenvalue weighted by atomic mass is 10.2. The normalized spacial score (nSPS) is 18.6. The maximum absolute atomic E-state index is 5.93. The highest BCUT2D eigenvalue weighted by Gasteiger charge is 2.19. The molecule has 3 rings (SSSR count). The van der Waals surface area contributed by atoms with Gasteiger partial charge in [-0.15, -0.1) is 0 Å². The van der Waals surface area contributed by atoms with E-state index in [-0.39, 0.29) is 5.92 Å². The molecule has 6 nitrogen and oxygen atoms in total. The Labute approximate surface area is 149 Å². The second-order valence-electron chi connectivity index (χ2n) is 6.93. The summed E-state index contributed by atoms with van der Waals surface area (Å²) in [5.74, 6) is 2.52. The van der Waals surface area contributed by atoms with Crippen molar-refractivity contribution in [2.75, 3.05) is 24.6 Å². The van der Waals surface area contributed by atoms with Crippen LogP contribution in [-0.2, 0) is 4.74 Å². The summed E-state index contributed by atoms with van der Waals surface area (Å²) in [5.41, 5.74) is 0.924. The molecule has 2 aromatic rings. The van der Waals surface area contributed by atoms with Gasteiger partial charge in [-0.3, -0.25) is 0 Å². The fraction of sp³-hybridized carbons (Fsp3) is 0.632. The van der Waals surface area contributed by atoms with Crippen LogP contribution >= 0.6 is 0 Å². The second kappa shape index (κ2) is 8.43. The lowest BCUT2D eigenvalue weighted by Gasteiger charge is -2.22. The smallest absolute Gasteiger partial charge is 0.258 e. The summed E-state index contributed by atoms with van der Waals surface area (Å²) in [6.07, 6.45) is 6.56. The van der Waals surface area contributed by atoms with Crippen molar-refractivity contribution in [1.29, 1.82) is 0 Å². The SMILES string of the molecule is CCCOC1CCCN(c2cc(-c3nc(C(C)C)no3)ccn2)CC1. The summed E-state index contributed by atoms with van der Waals surface area (Å²) in [6.45, 7) is 9.09. The van der Waals surface area contributed by atoms with E-state index in [1.165, 1.54) is 0 Å². The van der Waals surface area contributed by atoms with Crippen molar-refractivity contribution < 1.29 is 9.26 Å². The van der Waals surface area contributed by atoms with E-state index in [1.54, 1.807) is 0 Å². The number of anilines is 1. The molecule has 0 radical (unpaired) electrons. The first-order chi connectivity index (χ1) is 12.2. The van der Waals surface area contributed by atoms with Crippen molar-refractivity contribution in [3.05, 3.63) is 24.2 Å². The van der Waals surface area contributed by atoms with E-state index in [1.807, 2.05) is 18.3 Å². The van der Waals surface area contributed by atoms with Gasteiger partial charge in [0.05, 0.1) is 6.10 Å². The van der Waals surface area contributed by atoms with E-state index in [0.29, 0.717) is 12.0 Å². The van der Waals surface area contributed by atoms with E-state index < -0.39 is 0 Å². The molecule has 0 aromatic carbocycles. The van der Waals surface area contributed by atoms with Crippen molar-refractivity contribution >= 4 is 5.82 Å². The molecule has 1 aliphatic rings. The Morgan fingerprint density at radius 3 is 2.96 bits per heavy atom. The summed E-state index contributed by atoms with van der Waals surface area (Å²) in [5, 5.41) is 4.05. The molecule has 1 fully saturated rings. The molecular weight excluding hydrogens is 316 g/mol. The van der Waals surface area contributed by atoms with Gasteiger partial charge in [0.25, 0.3) is 5.89 Å². The number of nitrogens with zero attached hydrogens (tertiary/aromatic N) is 4. The number of hydrogen-bond donors (Lipinski definition) is 0. The lowest BCUT2D eigenvalue weighted by molar-refractivity contribution is 0.0461. The fourth-order valence-electron chi connectivity index (χ4n) is 3.06. The molecular formula is C19H28N4O2. The lowest BCUT2D eigenvalue weighted by Crippen LogP contribution is -2.25. The number of aromatic nitrogens is 3. The Kier molecular flexibility index (Phi) is 6.02. The third kappa shape index (κ3) is 4.57. The predicted molar refractivity (Wildman–Crippen MR) is 97.7 cm³/mol. The van der Waals surface area contributed by atoms with Crippen molar-refractivity contribution in [3.63, 3.8) is 0 Å². The minimum Gasteiger partial charge on any atom is -0.378 e. The third-order valence-corrected chi connectivity index (χ3v) is 4.51. The minimum absolute atomic E-state index is 0.254. The topological polar surface area (TPSA) is 64.3 Å². The van der Waals surface area contributed by atoms with Crippen molar-refractivity contribution in [2.45, 2.75) is 58.5 Å². The quantitative estimate of drug-likeness (QED) is 0.788. The van der Waals surface area contributed by atoms with Crippen molar-refractivity contribution in [3.8, 4) is 11.5 Å². The molecule has 136 valence electrons. The highest BCUT2D eigenvalue weighted by atomic mass is 16.5. The maximum Gasteiger partial charge on any atom is 0.258 e. The molecule has 0 aliphatic carbocycles. The molecule has 2 aromatic heterocycles. The van der Waals surface area contributed by atoms with Crippen molar-refractivity contribution in [1.82, 2.24) is 15.1 Å². The first kappa shape index (κ1) is 17.9. The standard InChI is InChI=1S/C19H28N4O2/c1-4-12-24-16-6-5-10-23(11-8-16)17-13-15(7-9-20-17)19-21-18(14(2)3)22-25-19/h7,9,13-14,16H,4-6,8,10-12H2,1-3H3. The molecule has 0 bridgehead atoms. The Morgan fingerprint density at radius 2 is 2.20 bits per heavy atom. The zero-order chi connectivity index (χ0) is 17.6. The Morgan fingerprint density at radius 1 is 1.32 bits per heavy atom. The Hall–Kier alpha value is -1.95. The van der Waals surface area contributed by atoms with Gasteiger partial charge in [0.2, 0.25) is 0 Å². The number of hydrogen-bond acceptors (Lipinski definition) is 6. The predicted octanol–water partition coefficient (Wildman–Crippen LogP) is 4.04. The Bertz CT molecular complexity index is 671. The molecule has 0 spiro atoms. The van der Waals surface area contributed by atoms with Gasteiger partial charge in [-0.05, 0) is 37.8 Å². The van der Waals surface area contributed by atoms with Crippen LogP contribution in [0.15, 0.2) is 22.9 Å². The molecule has 0 N–H and O–H groups in total. The van der Waals surface area contributed by atoms with E-state index in [2.05, 4.69) is 40.8 Å². The second-order valence-corrected chi connectivity index (χ2v) is 6.93. The van der Waals surface area contributed by atoms with Crippen LogP contribution in [0.4, 0.5) is 5.82 Å². The van der Waals surface area contributed by atoms with Gasteiger partial charge in [0.1, 0.15) is 5.82 Å². The van der Waals surface area contributed by atoms with Gasteiger partial charge >= 0.3 is 0 Å². The molecule has 3 heterocycles. The minimum atomic E-state index is 0.254. The summed E-state index contributed by atoms with van der Waals surface area (Å²) >= 11 is 0. The summed E-state index contributed by atoms with van der Waals surface area (Å²) in [7, 11) is 0. The number of pyridine rings is 1. The molecule has 1 aliphatic heterocycles. The van der Waals surface area contributed by atoms with E-state index in [9.17, 15) is 0 Å². The zero-order valence-electron chi connectivity index (χ0n) is 15.4. The largest absolute Gasteiger partial charge is 0.378 e. The first-order valence-electron chi connectivity index (χ1n) is 9.34. The van der Waals surface area contributed by atoms with E-state index in [4.69, 9.17) is 9.26 Å². The zero-order valence-corrected chi connectivity index (χ0v) is 15.4. The molecule has 1 unspecified atom stereocenters. The molecule has 1 atom stereocenters. The van der Waals surface area contributed by atoms with Gasteiger partial charge < -0.3 is 14.2 Å². The van der Waals surface area contributed by atoms with Gasteiger partial charge in [-0.25, -0.2) is 4.98 Å². The maximum atomic E-state index is 5.93. The fourth-order valence-corrected chi connectivity index (χ4v) is 3.06. The third-order valence-electron chi connectivity index (χ3n) is 4.51. The molecule has 25 heavy (non-hydrogen) atoms. The summed E-state index contributed by atoms with van der Waals surface area (Å²) in [6, 6.07) is 3.97. The number of rotatable bonds is 6. The van der Waals surface area contributed by atoms with Gasteiger partial charge in [-0.1, -0.05) is 25.9 Å². The average molecular weight is 344 g/mol. The number of ether oxygens (including phenoxy) is 1. The highest BCUT2D eigenvalue weighted by molar-refractivity contribution is 5.58. The molecule has 6 heteroatoms. The van der Waals surface area contributed by atoms with Gasteiger partial charge in [-0.2, -0.15) is 4.98 Å². The van der Waals surface area contributed by atoms with Gasteiger partial charge in [0.15, 0.2) is 5.82 Å². The van der Waals surface area contributed by atoms with Crippen LogP contribution in [0.3, 0.4) is 0 Å². The molecule has 1 saturated heterocycles. The van der Waals surface area contributed by atoms with Crippen LogP contribution in [0.25, 0.3) is 11.5 Å². The van der Waals surface area contributed by atoms with E-state index in [0.717, 1.165) is 62.6 Å². The van der Waals surface area contributed by atoms with Gasteiger partial charge in [0, 0.05) is 37.4 Å². The van der Waals surface area contributed by atoms with Crippen LogP contribution in [0.1, 0.15) is 58.2 Å². The highest BCUT2D eigenvalue weighted by Crippen LogP contribution is 2.25. The van der Waals surface area contributed by atoms with Crippen LogP contribution in [0.5, 0.6) is 0 Å².